The van der Waals surface area contributed by atoms with Gasteiger partial charge in [-0.15, -0.1) is 0 Å². The molecule has 6 aliphatic rings. The van der Waals surface area contributed by atoms with Crippen molar-refractivity contribution in [1.29, 1.82) is 0 Å². The summed E-state index contributed by atoms with van der Waals surface area (Å²) in [4.78, 5) is 5.11. The average molecular weight is 569 g/mol. The highest BCUT2D eigenvalue weighted by molar-refractivity contribution is 5.31. The van der Waals surface area contributed by atoms with Gasteiger partial charge in [-0.1, -0.05) is 13.8 Å². The SMILES string of the molecule is C[C@]12CC[C@H](OCCN3CCCC3)C[C@H]1CC[C@@H]1[C@@H]2CC[C@]2(C)[C@@](OCCN3CCCC3)(c3ccoc3)CC[C@@]12O. The summed E-state index contributed by atoms with van der Waals surface area (Å²) in [6.45, 7) is 13.6. The first-order valence-corrected chi connectivity index (χ1v) is 17.3. The Labute approximate surface area is 248 Å². The molecule has 6 fully saturated rings. The van der Waals surface area contributed by atoms with Crippen LogP contribution in [0.1, 0.15) is 103 Å². The van der Waals surface area contributed by atoms with E-state index >= 15 is 0 Å². The molecular weight excluding hydrogens is 512 g/mol. The third-order valence-corrected chi connectivity index (χ3v) is 13.8. The van der Waals surface area contributed by atoms with Gasteiger partial charge in [-0.2, -0.15) is 0 Å². The molecule has 2 saturated heterocycles. The van der Waals surface area contributed by atoms with Crippen molar-refractivity contribution in [3.63, 3.8) is 0 Å². The van der Waals surface area contributed by atoms with Crippen LogP contribution in [0, 0.1) is 28.6 Å². The molecule has 0 spiro atoms. The van der Waals surface area contributed by atoms with Gasteiger partial charge in [0.15, 0.2) is 0 Å². The molecule has 0 bridgehead atoms. The molecule has 0 amide bonds. The minimum atomic E-state index is -0.697. The molecule has 4 saturated carbocycles. The van der Waals surface area contributed by atoms with E-state index in [4.69, 9.17) is 13.9 Å². The number of fused-ring (bicyclic) bond motifs is 5. The van der Waals surface area contributed by atoms with Crippen LogP contribution in [0.4, 0.5) is 0 Å². The van der Waals surface area contributed by atoms with Crippen molar-refractivity contribution >= 4 is 0 Å². The van der Waals surface area contributed by atoms with Crippen molar-refractivity contribution in [3.8, 4) is 0 Å². The van der Waals surface area contributed by atoms with Crippen LogP contribution in [-0.4, -0.2) is 79.1 Å². The zero-order chi connectivity index (χ0) is 28.1. The Kier molecular flexibility index (Phi) is 7.89. The third kappa shape index (κ3) is 4.69. The third-order valence-electron chi connectivity index (χ3n) is 13.8. The maximum atomic E-state index is 12.9. The van der Waals surface area contributed by atoms with E-state index in [-0.39, 0.29) is 5.41 Å². The van der Waals surface area contributed by atoms with E-state index in [9.17, 15) is 5.11 Å². The Morgan fingerprint density at radius 2 is 1.59 bits per heavy atom. The number of nitrogens with zero attached hydrogens (tertiary/aromatic N) is 2. The molecule has 3 heterocycles. The maximum Gasteiger partial charge on any atom is 0.104 e. The highest BCUT2D eigenvalue weighted by atomic mass is 16.5. The summed E-state index contributed by atoms with van der Waals surface area (Å²) in [5.74, 6) is 1.67. The van der Waals surface area contributed by atoms with Gasteiger partial charge >= 0.3 is 0 Å². The van der Waals surface area contributed by atoms with E-state index in [1.54, 1.807) is 6.26 Å². The highest BCUT2D eigenvalue weighted by Gasteiger charge is 2.73. The van der Waals surface area contributed by atoms with Crippen LogP contribution < -0.4 is 0 Å². The quantitative estimate of drug-likeness (QED) is 0.381. The minimum Gasteiger partial charge on any atom is -0.472 e. The number of hydrogen-bond acceptors (Lipinski definition) is 6. The standard InChI is InChI=1S/C35H56N2O4/c1-32-12-9-29(40-23-20-36-16-3-4-17-36)25-27(32)7-8-31-30(32)10-13-33(2)34(31,38)14-15-35(33,28-11-22-39-26-28)41-24-21-37-18-5-6-19-37/h11,22,26-27,29-31,38H,3-10,12-21,23-25H2,1-2H3/t27-,29+,30+,31-,32+,33+,34-,35+/m1/s1. The fourth-order valence-electron chi connectivity index (χ4n) is 11.3. The predicted molar refractivity (Wildman–Crippen MR) is 161 cm³/mol. The van der Waals surface area contributed by atoms with Crippen LogP contribution >= 0.6 is 0 Å². The van der Waals surface area contributed by atoms with Gasteiger partial charge in [0.25, 0.3) is 0 Å². The van der Waals surface area contributed by atoms with Crippen LogP contribution in [0.25, 0.3) is 0 Å². The van der Waals surface area contributed by atoms with E-state index in [0.717, 1.165) is 63.5 Å². The molecule has 0 unspecified atom stereocenters. The van der Waals surface area contributed by atoms with Crippen molar-refractivity contribution in [2.45, 2.75) is 115 Å². The van der Waals surface area contributed by atoms with Crippen molar-refractivity contribution in [1.82, 2.24) is 9.80 Å². The summed E-state index contributed by atoms with van der Waals surface area (Å²) in [6, 6.07) is 2.11. The second-order valence-electron chi connectivity index (χ2n) is 15.3. The molecule has 4 aliphatic carbocycles. The molecule has 41 heavy (non-hydrogen) atoms. The molecule has 6 nitrogen and oxygen atoms in total. The lowest BCUT2D eigenvalue weighted by atomic mass is 9.43. The fourth-order valence-corrected chi connectivity index (χ4v) is 11.3. The molecule has 8 atom stereocenters. The average Bonchev–Trinajstić information content (AvgIpc) is 3.79. The Hall–Kier alpha value is -0.920. The van der Waals surface area contributed by atoms with E-state index < -0.39 is 11.2 Å². The topological polar surface area (TPSA) is 58.3 Å². The molecule has 7 rings (SSSR count). The molecular formula is C35H56N2O4. The lowest BCUT2D eigenvalue weighted by molar-refractivity contribution is -0.249. The summed E-state index contributed by atoms with van der Waals surface area (Å²) in [6.07, 6.45) is 19.4. The zero-order valence-electron chi connectivity index (χ0n) is 26.0. The first kappa shape index (κ1) is 28.8. The van der Waals surface area contributed by atoms with Crippen LogP contribution in [0.3, 0.4) is 0 Å². The lowest BCUT2D eigenvalue weighted by Gasteiger charge is -2.64. The first-order chi connectivity index (χ1) is 19.9. The van der Waals surface area contributed by atoms with Gasteiger partial charge in [0.05, 0.1) is 37.4 Å². The number of rotatable bonds is 9. The van der Waals surface area contributed by atoms with Crippen molar-refractivity contribution < 1.29 is 19.0 Å². The van der Waals surface area contributed by atoms with Crippen molar-refractivity contribution in [2.75, 3.05) is 52.5 Å². The van der Waals surface area contributed by atoms with Gasteiger partial charge in [-0.25, -0.2) is 0 Å². The molecule has 230 valence electrons. The molecule has 1 aromatic heterocycles. The Bertz CT molecular complexity index is 1020. The van der Waals surface area contributed by atoms with Crippen molar-refractivity contribution in [3.05, 3.63) is 24.2 Å². The van der Waals surface area contributed by atoms with Crippen LogP contribution in [0.15, 0.2) is 23.0 Å². The van der Waals surface area contributed by atoms with E-state index in [0.29, 0.717) is 23.4 Å². The summed E-state index contributed by atoms with van der Waals surface area (Å²) in [5, 5.41) is 12.9. The summed E-state index contributed by atoms with van der Waals surface area (Å²) < 4.78 is 19.2. The van der Waals surface area contributed by atoms with Crippen LogP contribution in [-0.2, 0) is 15.1 Å². The molecule has 0 aromatic carbocycles. The van der Waals surface area contributed by atoms with Crippen LogP contribution in [0.2, 0.25) is 0 Å². The normalized spacial score (nSPS) is 45.0. The smallest absolute Gasteiger partial charge is 0.104 e. The zero-order valence-corrected chi connectivity index (χ0v) is 26.0. The molecule has 1 N–H and O–H groups in total. The molecule has 1 aromatic rings. The van der Waals surface area contributed by atoms with E-state index in [1.165, 1.54) is 84.0 Å². The largest absolute Gasteiger partial charge is 0.472 e. The van der Waals surface area contributed by atoms with Gasteiger partial charge in [0.2, 0.25) is 0 Å². The number of hydrogen-bond donors (Lipinski definition) is 1. The van der Waals surface area contributed by atoms with Gasteiger partial charge in [0.1, 0.15) is 5.60 Å². The fraction of sp³-hybridized carbons (Fsp3) is 0.886. The monoisotopic (exact) mass is 568 g/mol. The summed E-state index contributed by atoms with van der Waals surface area (Å²) >= 11 is 0. The van der Waals surface area contributed by atoms with Gasteiger partial charge < -0.3 is 28.8 Å². The first-order valence-electron chi connectivity index (χ1n) is 17.3. The minimum absolute atomic E-state index is 0.310. The second-order valence-corrected chi connectivity index (χ2v) is 15.3. The van der Waals surface area contributed by atoms with Gasteiger partial charge in [-0.05, 0) is 139 Å². The van der Waals surface area contributed by atoms with E-state index in [1.807, 2.05) is 6.26 Å². The summed E-state index contributed by atoms with van der Waals surface area (Å²) in [7, 11) is 0. The number of ether oxygens (including phenoxy) is 2. The predicted octanol–water partition coefficient (Wildman–Crippen LogP) is 6.23. The Morgan fingerprint density at radius 3 is 2.29 bits per heavy atom. The van der Waals surface area contributed by atoms with Crippen molar-refractivity contribution in [2.24, 2.45) is 28.6 Å². The van der Waals surface area contributed by atoms with Gasteiger partial charge in [-0.3, -0.25) is 0 Å². The summed E-state index contributed by atoms with van der Waals surface area (Å²) in [5.41, 5.74) is -0.0283. The number of aliphatic hydroxyl groups is 1. The van der Waals surface area contributed by atoms with Gasteiger partial charge in [0, 0.05) is 24.1 Å². The number of furan rings is 1. The molecule has 2 aliphatic heterocycles. The molecule has 6 heteroatoms. The Balaban J connectivity index is 1.06. The highest BCUT2D eigenvalue weighted by Crippen LogP contribution is 2.72. The lowest BCUT2D eigenvalue weighted by Crippen LogP contribution is -2.65. The maximum absolute atomic E-state index is 12.9. The number of likely N-dealkylation sites (tertiary alicyclic amines) is 2. The Morgan fingerprint density at radius 1 is 0.854 bits per heavy atom. The molecule has 0 radical (unpaired) electrons. The second kappa shape index (κ2) is 11.2. The van der Waals surface area contributed by atoms with E-state index in [2.05, 4.69) is 29.7 Å². The van der Waals surface area contributed by atoms with Crippen LogP contribution in [0.5, 0.6) is 0 Å².